The molecule has 34 heavy (non-hydrogen) atoms. The Morgan fingerprint density at radius 2 is 1.85 bits per heavy atom. The van der Waals surface area contributed by atoms with Crippen LogP contribution in [0, 0.1) is 39.4 Å². The number of carbonyl (C=O) groups excluding carboxylic acids is 1. The van der Waals surface area contributed by atoms with Gasteiger partial charge in [-0.25, -0.2) is 4.79 Å². The Balaban J connectivity index is 1.66. The lowest BCUT2D eigenvalue weighted by Gasteiger charge is -2.60. The molecule has 7 atom stereocenters. The highest BCUT2D eigenvalue weighted by Crippen LogP contribution is 2.71. The van der Waals surface area contributed by atoms with Crippen LogP contribution in [0.5, 0.6) is 0 Å². The molecule has 188 valence electrons. The van der Waals surface area contributed by atoms with Crippen molar-refractivity contribution in [3.63, 3.8) is 0 Å². The summed E-state index contributed by atoms with van der Waals surface area (Å²) < 4.78 is 0. The number of hydrogen-bond acceptors (Lipinski definition) is 3. The molecule has 2 saturated carbocycles. The zero-order valence-corrected chi connectivity index (χ0v) is 22.2. The van der Waals surface area contributed by atoms with Gasteiger partial charge in [-0.3, -0.25) is 4.79 Å². The minimum Gasteiger partial charge on any atom is -0.478 e. The molecule has 4 rings (SSSR count). The van der Waals surface area contributed by atoms with Crippen LogP contribution in [0.4, 0.5) is 0 Å². The molecule has 0 amide bonds. The highest BCUT2D eigenvalue weighted by Gasteiger charge is 2.66. The fourth-order valence-corrected chi connectivity index (χ4v) is 8.60. The fraction of sp³-hybridized carbons (Fsp3) is 0.733. The number of aliphatic hydroxyl groups excluding tert-OH is 1. The van der Waals surface area contributed by atoms with Gasteiger partial charge >= 0.3 is 5.97 Å². The van der Waals surface area contributed by atoms with E-state index in [2.05, 4.69) is 53.7 Å². The number of rotatable bonds is 5. The first-order chi connectivity index (χ1) is 15.7. The van der Waals surface area contributed by atoms with Gasteiger partial charge in [0.15, 0.2) is 0 Å². The molecule has 0 heterocycles. The first-order valence-electron chi connectivity index (χ1n) is 13.2. The third-order valence-corrected chi connectivity index (χ3v) is 11.2. The smallest absolute Gasteiger partial charge is 0.330 e. The van der Waals surface area contributed by atoms with Gasteiger partial charge in [0, 0.05) is 22.8 Å². The van der Waals surface area contributed by atoms with Crippen LogP contribution in [-0.2, 0) is 9.59 Å². The maximum Gasteiger partial charge on any atom is 0.330 e. The summed E-state index contributed by atoms with van der Waals surface area (Å²) in [5.74, 6) is 0.618. The first-order valence-corrected chi connectivity index (χ1v) is 13.2. The Morgan fingerprint density at radius 1 is 1.18 bits per heavy atom. The van der Waals surface area contributed by atoms with Crippen molar-refractivity contribution in [3.8, 4) is 0 Å². The Bertz CT molecular complexity index is 984. The van der Waals surface area contributed by atoms with Crippen LogP contribution in [-0.4, -0.2) is 28.1 Å². The summed E-state index contributed by atoms with van der Waals surface area (Å²) in [6, 6.07) is 0. The lowest BCUT2D eigenvalue weighted by Crippen LogP contribution is -2.54. The zero-order valence-electron chi connectivity index (χ0n) is 22.2. The molecule has 0 aromatic rings. The van der Waals surface area contributed by atoms with Crippen molar-refractivity contribution >= 4 is 11.8 Å². The Kier molecular flexibility index (Phi) is 6.12. The van der Waals surface area contributed by atoms with Crippen LogP contribution in [0.1, 0.15) is 93.4 Å². The molecule has 0 unspecified atom stereocenters. The van der Waals surface area contributed by atoms with E-state index < -0.39 is 12.1 Å². The third kappa shape index (κ3) is 3.34. The predicted molar refractivity (Wildman–Crippen MR) is 135 cm³/mol. The topological polar surface area (TPSA) is 74.6 Å². The number of fused-ring (bicyclic) bond motifs is 5. The van der Waals surface area contributed by atoms with Crippen molar-refractivity contribution in [2.24, 2.45) is 39.4 Å². The molecule has 0 radical (unpaired) electrons. The number of hydrogen-bond donors (Lipinski definition) is 2. The average molecular weight is 469 g/mol. The molecule has 0 spiro atoms. The van der Waals surface area contributed by atoms with E-state index in [-0.39, 0.29) is 21.7 Å². The number of carbonyl (C=O) groups is 2. The maximum absolute atomic E-state index is 12.8. The number of Topliss-reactive ketones (excluding diaryl/α,β-unsaturated/α-hetero) is 1. The van der Waals surface area contributed by atoms with E-state index >= 15 is 0 Å². The van der Waals surface area contributed by atoms with Crippen molar-refractivity contribution in [1.29, 1.82) is 0 Å². The van der Waals surface area contributed by atoms with Gasteiger partial charge in [0.2, 0.25) is 0 Å². The standard InChI is InChI=1S/C30H44O4/c1-18(9-8-10-19(2)26(33)34)22-17-25(32)30(7)21-11-12-23-27(3,4)24(31)14-15-28(23,5)20(21)13-16-29(22,30)6/h10-11,13,18,22-23,25,32H,8-9,12,14-17H2,1-7H3,(H,33,34)/b19-10+/t18-,22-,23+,25+,28-,29-,30-/m1/s1. The summed E-state index contributed by atoms with van der Waals surface area (Å²) in [6.45, 7) is 15.2. The molecule has 2 fully saturated rings. The van der Waals surface area contributed by atoms with Gasteiger partial charge < -0.3 is 10.2 Å². The molecule has 0 bridgehead atoms. The van der Waals surface area contributed by atoms with Gasteiger partial charge in [0.05, 0.1) is 6.10 Å². The van der Waals surface area contributed by atoms with Crippen molar-refractivity contribution in [1.82, 2.24) is 0 Å². The van der Waals surface area contributed by atoms with E-state index in [4.69, 9.17) is 5.11 Å². The second-order valence-corrected chi connectivity index (χ2v) is 13.0. The summed E-state index contributed by atoms with van der Waals surface area (Å²) in [5, 5.41) is 20.8. The normalized spacial score (nSPS) is 42.2. The van der Waals surface area contributed by atoms with Crippen LogP contribution in [0.25, 0.3) is 0 Å². The zero-order chi connectivity index (χ0) is 25.3. The minimum atomic E-state index is -0.850. The number of carboxylic acid groups (broad SMARTS) is 1. The Labute approximate surface area is 205 Å². The van der Waals surface area contributed by atoms with Crippen LogP contribution in [0.2, 0.25) is 0 Å². The molecule has 0 saturated heterocycles. The van der Waals surface area contributed by atoms with Gasteiger partial charge in [-0.1, -0.05) is 59.8 Å². The molecule has 4 nitrogen and oxygen atoms in total. The molecule has 0 aromatic heterocycles. The van der Waals surface area contributed by atoms with Gasteiger partial charge in [-0.2, -0.15) is 0 Å². The summed E-state index contributed by atoms with van der Waals surface area (Å²) >= 11 is 0. The van der Waals surface area contributed by atoms with Crippen LogP contribution in [0.3, 0.4) is 0 Å². The lowest BCUT2D eigenvalue weighted by molar-refractivity contribution is -0.138. The molecular formula is C30H44O4. The Hall–Kier alpha value is -1.68. The number of aliphatic hydroxyl groups is 1. The van der Waals surface area contributed by atoms with E-state index in [1.807, 2.05) is 6.08 Å². The molecule has 4 aliphatic rings. The molecule has 0 aromatic carbocycles. The summed E-state index contributed by atoms with van der Waals surface area (Å²) in [6.07, 6.45) is 12.2. The van der Waals surface area contributed by atoms with E-state index in [0.29, 0.717) is 35.5 Å². The van der Waals surface area contributed by atoms with Gasteiger partial charge in [-0.05, 0) is 85.2 Å². The van der Waals surface area contributed by atoms with E-state index in [9.17, 15) is 14.7 Å². The minimum absolute atomic E-state index is 0.0194. The highest BCUT2D eigenvalue weighted by molar-refractivity contribution is 5.86. The number of carboxylic acids is 1. The van der Waals surface area contributed by atoms with Crippen LogP contribution in [0.15, 0.2) is 34.9 Å². The molecule has 0 aliphatic heterocycles. The quantitative estimate of drug-likeness (QED) is 0.452. The first kappa shape index (κ1) is 25.4. The largest absolute Gasteiger partial charge is 0.478 e. The molecular weight excluding hydrogens is 424 g/mol. The average Bonchev–Trinajstić information content (AvgIpc) is 2.98. The highest BCUT2D eigenvalue weighted by atomic mass is 16.4. The summed E-state index contributed by atoms with van der Waals surface area (Å²) in [5.41, 5.74) is 2.46. The molecule has 4 aliphatic carbocycles. The van der Waals surface area contributed by atoms with Crippen molar-refractivity contribution in [3.05, 3.63) is 34.9 Å². The summed E-state index contributed by atoms with van der Waals surface area (Å²) in [7, 11) is 0. The van der Waals surface area contributed by atoms with Crippen LogP contribution >= 0.6 is 0 Å². The molecule has 4 heteroatoms. The van der Waals surface area contributed by atoms with E-state index in [0.717, 1.165) is 38.5 Å². The summed E-state index contributed by atoms with van der Waals surface area (Å²) in [4.78, 5) is 23.9. The number of aliphatic carboxylic acids is 1. The van der Waals surface area contributed by atoms with E-state index in [1.165, 1.54) is 11.1 Å². The van der Waals surface area contributed by atoms with Gasteiger partial charge in [0.1, 0.15) is 5.78 Å². The van der Waals surface area contributed by atoms with Crippen molar-refractivity contribution < 1.29 is 19.8 Å². The van der Waals surface area contributed by atoms with Crippen molar-refractivity contribution in [2.45, 2.75) is 99.5 Å². The third-order valence-electron chi connectivity index (χ3n) is 11.2. The number of allylic oxidation sites excluding steroid dienone is 4. The SMILES string of the molecule is C/C(=C\CC[C@@H](C)[C@H]1C[C@H](O)[C@@]2(C)C3=CC[C@H]4C(C)(C)C(=O)CC[C@]4(C)C3=CC[C@]12C)C(=O)O. The fourth-order valence-electron chi connectivity index (χ4n) is 8.60. The van der Waals surface area contributed by atoms with Gasteiger partial charge in [-0.15, -0.1) is 0 Å². The number of ketones is 1. The van der Waals surface area contributed by atoms with E-state index in [1.54, 1.807) is 6.92 Å². The lowest BCUT2D eigenvalue weighted by atomic mass is 9.44. The van der Waals surface area contributed by atoms with Gasteiger partial charge in [0.25, 0.3) is 0 Å². The van der Waals surface area contributed by atoms with Crippen LogP contribution < -0.4 is 0 Å². The second-order valence-electron chi connectivity index (χ2n) is 13.0. The monoisotopic (exact) mass is 468 g/mol. The maximum atomic E-state index is 12.8. The predicted octanol–water partition coefficient (Wildman–Crippen LogP) is 6.50. The Morgan fingerprint density at radius 3 is 2.50 bits per heavy atom. The van der Waals surface area contributed by atoms with Crippen molar-refractivity contribution in [2.75, 3.05) is 0 Å². The second kappa shape index (κ2) is 8.18. The molecule has 2 N–H and O–H groups in total.